The average Bonchev–Trinajstić information content (AvgIpc) is 2.93. The number of benzene rings is 1. The maximum absolute atomic E-state index is 11.8. The summed E-state index contributed by atoms with van der Waals surface area (Å²) < 4.78 is 9.96. The number of aryl methyl sites for hydroxylation is 1. The first-order valence-electron chi connectivity index (χ1n) is 6.97. The molecule has 0 saturated carbocycles. The van der Waals surface area contributed by atoms with Crippen LogP contribution in [0.2, 0.25) is 0 Å². The minimum Gasteiger partial charge on any atom is -0.480 e. The lowest BCUT2D eigenvalue weighted by Gasteiger charge is -2.14. The van der Waals surface area contributed by atoms with Gasteiger partial charge in [0.2, 0.25) is 5.91 Å². The first-order valence-corrected chi connectivity index (χ1v) is 6.97. The van der Waals surface area contributed by atoms with Gasteiger partial charge in [-0.05, 0) is 12.5 Å². The number of ether oxygens (including phenoxy) is 1. The van der Waals surface area contributed by atoms with Crippen LogP contribution in [0.5, 0.6) is 0 Å². The number of aromatic nitrogens is 2. The minimum atomic E-state index is -1.10. The minimum absolute atomic E-state index is 0.00924. The summed E-state index contributed by atoms with van der Waals surface area (Å²) >= 11 is 0. The van der Waals surface area contributed by atoms with Crippen molar-refractivity contribution in [2.45, 2.75) is 26.0 Å². The number of aliphatic carboxylic acids is 1. The summed E-state index contributed by atoms with van der Waals surface area (Å²) in [6.07, 6.45) is 0.199. The molecule has 0 unspecified atom stereocenters. The molecule has 0 bridgehead atoms. The van der Waals surface area contributed by atoms with E-state index in [1.807, 2.05) is 18.2 Å². The SMILES string of the molecule is Cc1noc(COCC(=O)N[C@H](Cc2ccccc2)C(=O)O)n1. The van der Waals surface area contributed by atoms with Gasteiger partial charge in [0, 0.05) is 6.42 Å². The first-order chi connectivity index (χ1) is 11.0. The van der Waals surface area contributed by atoms with Crippen LogP contribution < -0.4 is 5.32 Å². The highest BCUT2D eigenvalue weighted by Crippen LogP contribution is 2.04. The topological polar surface area (TPSA) is 115 Å². The van der Waals surface area contributed by atoms with Crippen molar-refractivity contribution in [2.75, 3.05) is 6.61 Å². The molecule has 0 aliphatic rings. The molecule has 1 amide bonds. The summed E-state index contributed by atoms with van der Waals surface area (Å²) in [4.78, 5) is 26.9. The van der Waals surface area contributed by atoms with E-state index in [2.05, 4.69) is 15.5 Å². The Hall–Kier alpha value is -2.74. The number of hydrogen-bond donors (Lipinski definition) is 2. The van der Waals surface area contributed by atoms with Crippen LogP contribution >= 0.6 is 0 Å². The molecule has 2 rings (SSSR count). The van der Waals surface area contributed by atoms with Gasteiger partial charge in [-0.15, -0.1) is 0 Å². The summed E-state index contributed by atoms with van der Waals surface area (Å²) in [6.45, 7) is 1.37. The van der Waals surface area contributed by atoms with Crippen LogP contribution in [0.15, 0.2) is 34.9 Å². The van der Waals surface area contributed by atoms with E-state index < -0.39 is 17.9 Å². The monoisotopic (exact) mass is 319 g/mol. The molecule has 0 radical (unpaired) electrons. The molecule has 8 heteroatoms. The van der Waals surface area contributed by atoms with Crippen LogP contribution in [0.4, 0.5) is 0 Å². The lowest BCUT2D eigenvalue weighted by molar-refractivity contribution is -0.142. The highest BCUT2D eigenvalue weighted by molar-refractivity contribution is 5.84. The van der Waals surface area contributed by atoms with Gasteiger partial charge in [-0.25, -0.2) is 4.79 Å². The Labute approximate surface area is 132 Å². The van der Waals surface area contributed by atoms with E-state index in [1.165, 1.54) is 0 Å². The summed E-state index contributed by atoms with van der Waals surface area (Å²) in [5, 5.41) is 15.2. The van der Waals surface area contributed by atoms with Gasteiger partial charge in [-0.3, -0.25) is 4.79 Å². The standard InChI is InChI=1S/C15H17N3O5/c1-10-16-14(23-18-10)9-22-8-13(19)17-12(15(20)21)7-11-5-3-2-4-6-11/h2-6,12H,7-9H2,1H3,(H,17,19)(H,20,21)/t12-/m1/s1. The van der Waals surface area contributed by atoms with Gasteiger partial charge in [0.15, 0.2) is 5.82 Å². The molecular weight excluding hydrogens is 302 g/mol. The largest absolute Gasteiger partial charge is 0.480 e. The van der Waals surface area contributed by atoms with E-state index in [0.717, 1.165) is 5.56 Å². The quantitative estimate of drug-likeness (QED) is 0.736. The Kier molecular flexibility index (Phi) is 5.81. The fourth-order valence-corrected chi connectivity index (χ4v) is 1.92. The van der Waals surface area contributed by atoms with E-state index >= 15 is 0 Å². The van der Waals surface area contributed by atoms with Gasteiger partial charge in [0.25, 0.3) is 5.89 Å². The molecule has 8 nitrogen and oxygen atoms in total. The van der Waals surface area contributed by atoms with E-state index in [0.29, 0.717) is 5.82 Å². The smallest absolute Gasteiger partial charge is 0.326 e. The Bertz CT molecular complexity index is 656. The van der Waals surface area contributed by atoms with Crippen molar-refractivity contribution < 1.29 is 24.0 Å². The highest BCUT2D eigenvalue weighted by Gasteiger charge is 2.20. The number of carbonyl (C=O) groups excluding carboxylic acids is 1. The molecule has 1 heterocycles. The zero-order valence-electron chi connectivity index (χ0n) is 12.6. The first kappa shape index (κ1) is 16.6. The van der Waals surface area contributed by atoms with Crippen molar-refractivity contribution in [1.29, 1.82) is 0 Å². The molecule has 0 saturated heterocycles. The molecular formula is C15H17N3O5. The second-order valence-corrected chi connectivity index (χ2v) is 4.88. The third-order valence-corrected chi connectivity index (χ3v) is 2.94. The summed E-state index contributed by atoms with van der Waals surface area (Å²) in [7, 11) is 0. The number of carbonyl (C=O) groups is 2. The van der Waals surface area contributed by atoms with E-state index in [4.69, 9.17) is 9.26 Å². The van der Waals surface area contributed by atoms with Gasteiger partial charge in [0.1, 0.15) is 19.3 Å². The molecule has 0 fully saturated rings. The number of amides is 1. The Balaban J connectivity index is 1.79. The lowest BCUT2D eigenvalue weighted by atomic mass is 10.1. The molecule has 0 aliphatic carbocycles. The predicted octanol–water partition coefficient (Wildman–Crippen LogP) is 0.707. The van der Waals surface area contributed by atoms with Crippen molar-refractivity contribution in [1.82, 2.24) is 15.5 Å². The normalized spacial score (nSPS) is 11.9. The third kappa shape index (κ3) is 5.51. The number of nitrogens with one attached hydrogen (secondary N) is 1. The van der Waals surface area contributed by atoms with E-state index in [-0.39, 0.29) is 25.5 Å². The fraction of sp³-hybridized carbons (Fsp3) is 0.333. The van der Waals surface area contributed by atoms with Crippen molar-refractivity contribution in [3.05, 3.63) is 47.6 Å². The van der Waals surface area contributed by atoms with Crippen molar-refractivity contribution >= 4 is 11.9 Å². The third-order valence-electron chi connectivity index (χ3n) is 2.94. The average molecular weight is 319 g/mol. The molecule has 0 spiro atoms. The fourth-order valence-electron chi connectivity index (χ4n) is 1.92. The second-order valence-electron chi connectivity index (χ2n) is 4.88. The van der Waals surface area contributed by atoms with E-state index in [9.17, 15) is 14.7 Å². The van der Waals surface area contributed by atoms with Gasteiger partial charge in [-0.2, -0.15) is 4.98 Å². The maximum atomic E-state index is 11.8. The molecule has 1 atom stereocenters. The number of carboxylic acid groups (broad SMARTS) is 1. The van der Waals surface area contributed by atoms with Crippen LogP contribution in [0.1, 0.15) is 17.3 Å². The van der Waals surface area contributed by atoms with Crippen LogP contribution in [-0.2, 0) is 27.4 Å². The lowest BCUT2D eigenvalue weighted by Crippen LogP contribution is -2.43. The van der Waals surface area contributed by atoms with Crippen LogP contribution in [0.3, 0.4) is 0 Å². The Morgan fingerprint density at radius 3 is 2.70 bits per heavy atom. The van der Waals surface area contributed by atoms with Crippen LogP contribution in [-0.4, -0.2) is 39.8 Å². The number of nitrogens with zero attached hydrogens (tertiary/aromatic N) is 2. The molecule has 0 aliphatic heterocycles. The van der Waals surface area contributed by atoms with Gasteiger partial charge in [0.05, 0.1) is 0 Å². The molecule has 122 valence electrons. The van der Waals surface area contributed by atoms with Crippen LogP contribution in [0, 0.1) is 6.92 Å². The zero-order chi connectivity index (χ0) is 16.7. The summed E-state index contributed by atoms with van der Waals surface area (Å²) in [5.74, 6) is -0.893. The predicted molar refractivity (Wildman–Crippen MR) is 78.4 cm³/mol. The molecule has 1 aromatic carbocycles. The van der Waals surface area contributed by atoms with Gasteiger partial charge >= 0.3 is 5.97 Å². The maximum Gasteiger partial charge on any atom is 0.326 e. The molecule has 2 aromatic rings. The summed E-state index contributed by atoms with van der Waals surface area (Å²) in [5.41, 5.74) is 0.822. The van der Waals surface area contributed by atoms with Crippen molar-refractivity contribution in [3.8, 4) is 0 Å². The zero-order valence-corrected chi connectivity index (χ0v) is 12.6. The molecule has 23 heavy (non-hydrogen) atoms. The number of hydrogen-bond acceptors (Lipinski definition) is 6. The van der Waals surface area contributed by atoms with Gasteiger partial charge < -0.3 is 19.7 Å². The second kappa shape index (κ2) is 8.04. The van der Waals surface area contributed by atoms with Crippen molar-refractivity contribution in [3.63, 3.8) is 0 Å². The van der Waals surface area contributed by atoms with Crippen molar-refractivity contribution in [2.24, 2.45) is 0 Å². The highest BCUT2D eigenvalue weighted by atomic mass is 16.5. The van der Waals surface area contributed by atoms with Crippen LogP contribution in [0.25, 0.3) is 0 Å². The Morgan fingerprint density at radius 1 is 1.35 bits per heavy atom. The molecule has 2 N–H and O–H groups in total. The number of carboxylic acids is 1. The molecule has 1 aromatic heterocycles. The Morgan fingerprint density at radius 2 is 2.09 bits per heavy atom. The number of rotatable bonds is 8. The summed E-state index contributed by atoms with van der Waals surface area (Å²) in [6, 6.07) is 8.05. The van der Waals surface area contributed by atoms with Gasteiger partial charge in [-0.1, -0.05) is 35.5 Å². The van der Waals surface area contributed by atoms with E-state index in [1.54, 1.807) is 19.1 Å².